The predicted molar refractivity (Wildman–Crippen MR) is 124 cm³/mol. The number of aromatic nitrogens is 2. The van der Waals surface area contributed by atoms with E-state index in [9.17, 15) is 9.59 Å². The molecule has 0 bridgehead atoms. The van der Waals surface area contributed by atoms with E-state index in [1.165, 1.54) is 12.4 Å². The summed E-state index contributed by atoms with van der Waals surface area (Å²) in [5, 5.41) is 5.35. The van der Waals surface area contributed by atoms with E-state index in [-0.39, 0.29) is 17.3 Å². The van der Waals surface area contributed by atoms with Crippen molar-refractivity contribution < 1.29 is 23.8 Å². The van der Waals surface area contributed by atoms with E-state index in [1.54, 1.807) is 20.8 Å². The van der Waals surface area contributed by atoms with Gasteiger partial charge in [-0.3, -0.25) is 4.79 Å². The second-order valence-corrected chi connectivity index (χ2v) is 9.63. The number of fused-ring (bicyclic) bond motifs is 1. The molecule has 2 amide bonds. The SMILES string of the molecule is CCCC(NC(=O)OC(C)(C)C)C(=O)Nc1cnc(Oc2cccc3c2C(C)(C)CO3)nc1. The molecule has 0 saturated carbocycles. The smallest absolute Gasteiger partial charge is 0.408 e. The molecule has 3 rings (SSSR count). The molecule has 2 heterocycles. The van der Waals surface area contributed by atoms with E-state index in [4.69, 9.17) is 14.2 Å². The van der Waals surface area contributed by atoms with E-state index in [1.807, 2.05) is 25.1 Å². The Kier molecular flexibility index (Phi) is 7.09. The Morgan fingerprint density at radius 1 is 1.21 bits per heavy atom. The van der Waals surface area contributed by atoms with Crippen LogP contribution < -0.4 is 20.1 Å². The summed E-state index contributed by atoms with van der Waals surface area (Å²) < 4.78 is 16.9. The van der Waals surface area contributed by atoms with Gasteiger partial charge in [0.15, 0.2) is 0 Å². The van der Waals surface area contributed by atoms with Crippen LogP contribution in [0.15, 0.2) is 30.6 Å². The van der Waals surface area contributed by atoms with Gasteiger partial charge in [-0.05, 0) is 39.3 Å². The molecule has 1 aromatic heterocycles. The van der Waals surface area contributed by atoms with Crippen LogP contribution >= 0.6 is 0 Å². The van der Waals surface area contributed by atoms with Crippen LogP contribution in [0.4, 0.5) is 10.5 Å². The van der Waals surface area contributed by atoms with Crippen molar-refractivity contribution in [2.24, 2.45) is 0 Å². The van der Waals surface area contributed by atoms with Gasteiger partial charge in [0, 0.05) is 11.0 Å². The molecule has 33 heavy (non-hydrogen) atoms. The van der Waals surface area contributed by atoms with Crippen LogP contribution in [0.5, 0.6) is 17.5 Å². The van der Waals surface area contributed by atoms with E-state index in [0.29, 0.717) is 30.9 Å². The first-order chi connectivity index (χ1) is 15.5. The summed E-state index contributed by atoms with van der Waals surface area (Å²) in [5.74, 6) is 1.05. The highest BCUT2D eigenvalue weighted by Gasteiger charge is 2.35. The molecule has 2 N–H and O–H groups in total. The fourth-order valence-electron chi connectivity index (χ4n) is 3.48. The summed E-state index contributed by atoms with van der Waals surface area (Å²) >= 11 is 0. The highest BCUT2D eigenvalue weighted by atomic mass is 16.6. The molecule has 2 aromatic rings. The maximum atomic E-state index is 12.7. The van der Waals surface area contributed by atoms with Crippen LogP contribution in [-0.2, 0) is 14.9 Å². The first-order valence-electron chi connectivity index (χ1n) is 11.0. The highest BCUT2D eigenvalue weighted by molar-refractivity contribution is 5.96. The van der Waals surface area contributed by atoms with E-state index in [2.05, 4.69) is 34.4 Å². The van der Waals surface area contributed by atoms with Crippen molar-refractivity contribution in [3.05, 3.63) is 36.2 Å². The van der Waals surface area contributed by atoms with Gasteiger partial charge >= 0.3 is 12.1 Å². The molecule has 1 unspecified atom stereocenters. The summed E-state index contributed by atoms with van der Waals surface area (Å²) in [5.41, 5.74) is 0.527. The number of alkyl carbamates (subject to hydrolysis) is 1. The Morgan fingerprint density at radius 3 is 2.55 bits per heavy atom. The Bertz CT molecular complexity index is 999. The third kappa shape index (κ3) is 6.34. The van der Waals surface area contributed by atoms with Crippen molar-refractivity contribution in [2.75, 3.05) is 11.9 Å². The predicted octanol–water partition coefficient (Wildman–Crippen LogP) is 4.57. The van der Waals surface area contributed by atoms with Gasteiger partial charge in [0.05, 0.1) is 24.7 Å². The molecule has 1 aliphatic heterocycles. The Hall–Kier alpha value is -3.36. The molecule has 9 heteroatoms. The molecule has 0 spiro atoms. The van der Waals surface area contributed by atoms with Gasteiger partial charge in [0.1, 0.15) is 23.1 Å². The van der Waals surface area contributed by atoms with Crippen molar-refractivity contribution >= 4 is 17.7 Å². The Balaban J connectivity index is 1.65. The van der Waals surface area contributed by atoms with Crippen molar-refractivity contribution in [3.63, 3.8) is 0 Å². The van der Waals surface area contributed by atoms with Crippen molar-refractivity contribution in [1.29, 1.82) is 0 Å². The monoisotopic (exact) mass is 456 g/mol. The minimum atomic E-state index is -0.741. The summed E-state index contributed by atoms with van der Waals surface area (Å²) in [6.45, 7) is 12.0. The largest absolute Gasteiger partial charge is 0.492 e. The van der Waals surface area contributed by atoms with Crippen molar-refractivity contribution in [3.8, 4) is 17.5 Å². The normalized spacial score (nSPS) is 15.1. The summed E-state index contributed by atoms with van der Waals surface area (Å²) in [4.78, 5) is 33.2. The summed E-state index contributed by atoms with van der Waals surface area (Å²) in [6.07, 6.45) is 3.45. The number of nitrogens with one attached hydrogen (secondary N) is 2. The lowest BCUT2D eigenvalue weighted by atomic mass is 9.86. The molecule has 1 atom stereocenters. The summed E-state index contributed by atoms with van der Waals surface area (Å²) in [6, 6.07) is 5.03. The first kappa shape index (κ1) is 24.3. The van der Waals surface area contributed by atoms with E-state index < -0.39 is 17.7 Å². The number of nitrogens with zero attached hydrogens (tertiary/aromatic N) is 2. The third-order valence-corrected chi connectivity index (χ3v) is 4.94. The van der Waals surface area contributed by atoms with Gasteiger partial charge in [0.2, 0.25) is 5.91 Å². The Labute approximate surface area is 194 Å². The topological polar surface area (TPSA) is 112 Å². The fraction of sp³-hybridized carbons (Fsp3) is 0.500. The van der Waals surface area contributed by atoms with Gasteiger partial charge in [-0.25, -0.2) is 14.8 Å². The fourth-order valence-corrected chi connectivity index (χ4v) is 3.48. The number of hydrogen-bond donors (Lipinski definition) is 2. The maximum Gasteiger partial charge on any atom is 0.408 e. The number of carbonyl (C=O) groups excluding carboxylic acids is 2. The van der Waals surface area contributed by atoms with Crippen LogP contribution in [0.25, 0.3) is 0 Å². The molecule has 1 aromatic carbocycles. The molecule has 0 aliphatic carbocycles. The van der Waals surface area contributed by atoms with Gasteiger partial charge in [0.25, 0.3) is 0 Å². The number of amides is 2. The second kappa shape index (κ2) is 9.64. The van der Waals surface area contributed by atoms with Gasteiger partial charge in [-0.1, -0.05) is 33.3 Å². The molecule has 1 aliphatic rings. The quantitative estimate of drug-likeness (QED) is 0.628. The minimum Gasteiger partial charge on any atom is -0.492 e. The van der Waals surface area contributed by atoms with Crippen LogP contribution in [-0.4, -0.2) is 40.2 Å². The highest BCUT2D eigenvalue weighted by Crippen LogP contribution is 2.44. The van der Waals surface area contributed by atoms with Gasteiger partial charge < -0.3 is 24.8 Å². The van der Waals surface area contributed by atoms with Crippen molar-refractivity contribution in [2.45, 2.75) is 71.4 Å². The number of anilines is 1. The zero-order valence-corrected chi connectivity index (χ0v) is 20.0. The molecule has 0 radical (unpaired) electrons. The van der Waals surface area contributed by atoms with Crippen molar-refractivity contribution in [1.82, 2.24) is 15.3 Å². The molecule has 0 fully saturated rings. The zero-order chi connectivity index (χ0) is 24.2. The third-order valence-electron chi connectivity index (χ3n) is 4.94. The van der Waals surface area contributed by atoms with Crippen LogP contribution in [0.1, 0.15) is 59.9 Å². The lowest BCUT2D eigenvalue weighted by Crippen LogP contribution is -2.45. The average Bonchev–Trinajstić information content (AvgIpc) is 3.03. The molecule has 9 nitrogen and oxygen atoms in total. The van der Waals surface area contributed by atoms with E-state index in [0.717, 1.165) is 11.3 Å². The van der Waals surface area contributed by atoms with E-state index >= 15 is 0 Å². The lowest BCUT2D eigenvalue weighted by Gasteiger charge is -2.23. The van der Waals surface area contributed by atoms with Gasteiger partial charge in [-0.15, -0.1) is 0 Å². The maximum absolute atomic E-state index is 12.7. The molecule has 0 saturated heterocycles. The number of benzene rings is 1. The molecular formula is C24H32N4O5. The number of carbonyl (C=O) groups is 2. The zero-order valence-electron chi connectivity index (χ0n) is 20.0. The number of rotatable bonds is 7. The Morgan fingerprint density at radius 2 is 1.91 bits per heavy atom. The lowest BCUT2D eigenvalue weighted by molar-refractivity contribution is -0.118. The second-order valence-electron chi connectivity index (χ2n) is 9.63. The summed E-state index contributed by atoms with van der Waals surface area (Å²) in [7, 11) is 0. The van der Waals surface area contributed by atoms with Crippen LogP contribution in [0, 0.1) is 0 Å². The minimum absolute atomic E-state index is 0.154. The number of hydrogen-bond acceptors (Lipinski definition) is 7. The first-order valence-corrected chi connectivity index (χ1v) is 11.0. The van der Waals surface area contributed by atoms with Gasteiger partial charge in [-0.2, -0.15) is 0 Å². The molecular weight excluding hydrogens is 424 g/mol. The number of ether oxygens (including phenoxy) is 3. The average molecular weight is 457 g/mol. The molecule has 178 valence electrons. The van der Waals surface area contributed by atoms with Crippen LogP contribution in [0.2, 0.25) is 0 Å². The van der Waals surface area contributed by atoms with Crippen LogP contribution in [0.3, 0.4) is 0 Å². The standard InChI is InChI=1S/C24H32N4O5/c1-7-9-16(28-22(30)33-23(2,3)4)20(29)27-15-12-25-21(26-13-15)32-18-11-8-10-17-19(18)24(5,6)14-31-17/h8,10-13,16H,7,9,14H2,1-6H3,(H,27,29)(H,28,30).